The van der Waals surface area contributed by atoms with E-state index >= 15 is 0 Å². The Morgan fingerprint density at radius 3 is 2.90 bits per heavy atom. The molecule has 1 saturated heterocycles. The minimum Gasteiger partial charge on any atom is -0.334 e. The maximum Gasteiger partial charge on any atom is 0.319 e. The first-order chi connectivity index (χ1) is 10.1. The Kier molecular flexibility index (Phi) is 5.33. The van der Waals surface area contributed by atoms with E-state index in [4.69, 9.17) is 0 Å². The van der Waals surface area contributed by atoms with Crippen LogP contribution in [-0.2, 0) is 0 Å². The number of nitrogens with one attached hydrogen (secondary N) is 2. The summed E-state index contributed by atoms with van der Waals surface area (Å²) >= 11 is 0. The Hall–Kier alpha value is -1.88. The zero-order chi connectivity index (χ0) is 15.2. The summed E-state index contributed by atoms with van der Waals surface area (Å²) in [7, 11) is 0. The molecule has 2 rings (SSSR count). The molecule has 1 fully saturated rings. The van der Waals surface area contributed by atoms with Crippen LogP contribution in [0.1, 0.15) is 37.0 Å². The van der Waals surface area contributed by atoms with E-state index < -0.39 is 0 Å². The molecular weight excluding hydrogens is 266 g/mol. The lowest BCUT2D eigenvalue weighted by Gasteiger charge is -2.32. The first-order valence-corrected chi connectivity index (χ1v) is 7.49. The third-order valence-corrected chi connectivity index (χ3v) is 3.81. The maximum atomic E-state index is 12.0. The molecule has 0 aliphatic carbocycles. The highest BCUT2D eigenvalue weighted by Crippen LogP contribution is 2.12. The van der Waals surface area contributed by atoms with E-state index in [-0.39, 0.29) is 17.9 Å². The number of likely N-dealkylation sites (N-methyl/N-ethyl adjacent to an activating group) is 1. The average Bonchev–Trinajstić information content (AvgIpc) is 2.47. The van der Waals surface area contributed by atoms with Gasteiger partial charge in [0.2, 0.25) is 0 Å². The summed E-state index contributed by atoms with van der Waals surface area (Å²) in [5, 5.41) is 5.80. The van der Waals surface area contributed by atoms with Gasteiger partial charge in [0.05, 0.1) is 0 Å². The number of benzene rings is 1. The number of rotatable bonds is 4. The van der Waals surface area contributed by atoms with Crippen molar-refractivity contribution in [3.63, 3.8) is 0 Å². The second-order valence-electron chi connectivity index (χ2n) is 5.47. The molecule has 0 aromatic heterocycles. The molecule has 0 spiro atoms. The standard InChI is InChI=1S/C16H23N3O2/c1-3-19-9-5-8-15(11-19)18-16(21)17-14-7-4-6-13(10-14)12(2)20/h4,6-7,10,15H,3,5,8-9,11H2,1-2H3,(H2,17,18,21)/t15-/m1/s1. The van der Waals surface area contributed by atoms with Crippen LogP contribution < -0.4 is 10.6 Å². The van der Waals surface area contributed by atoms with Gasteiger partial charge in [0.1, 0.15) is 0 Å². The highest BCUT2D eigenvalue weighted by molar-refractivity contribution is 5.96. The third-order valence-electron chi connectivity index (χ3n) is 3.81. The van der Waals surface area contributed by atoms with Crippen molar-refractivity contribution in [3.8, 4) is 0 Å². The van der Waals surface area contributed by atoms with Crippen molar-refractivity contribution in [2.75, 3.05) is 25.0 Å². The third kappa shape index (κ3) is 4.56. The molecule has 1 aliphatic rings. The van der Waals surface area contributed by atoms with Crippen LogP contribution >= 0.6 is 0 Å². The summed E-state index contributed by atoms with van der Waals surface area (Å²) < 4.78 is 0. The van der Waals surface area contributed by atoms with E-state index in [1.807, 2.05) is 0 Å². The Bertz CT molecular complexity index is 516. The van der Waals surface area contributed by atoms with E-state index in [1.165, 1.54) is 6.92 Å². The van der Waals surface area contributed by atoms with Crippen molar-refractivity contribution in [1.29, 1.82) is 0 Å². The van der Waals surface area contributed by atoms with Gasteiger partial charge >= 0.3 is 6.03 Å². The fourth-order valence-electron chi connectivity index (χ4n) is 2.63. The van der Waals surface area contributed by atoms with Crippen LogP contribution in [-0.4, -0.2) is 42.4 Å². The van der Waals surface area contributed by atoms with Crippen molar-refractivity contribution >= 4 is 17.5 Å². The number of anilines is 1. The monoisotopic (exact) mass is 289 g/mol. The summed E-state index contributed by atoms with van der Waals surface area (Å²) in [4.78, 5) is 25.7. The number of hydrogen-bond donors (Lipinski definition) is 2. The molecule has 114 valence electrons. The van der Waals surface area contributed by atoms with E-state index in [0.717, 1.165) is 32.5 Å². The summed E-state index contributed by atoms with van der Waals surface area (Å²) in [6.45, 7) is 6.67. The molecule has 1 atom stereocenters. The fraction of sp³-hybridized carbons (Fsp3) is 0.500. The molecule has 5 nitrogen and oxygen atoms in total. The van der Waals surface area contributed by atoms with Gasteiger partial charge < -0.3 is 15.5 Å². The number of urea groups is 1. The van der Waals surface area contributed by atoms with E-state index in [9.17, 15) is 9.59 Å². The number of nitrogens with zero attached hydrogens (tertiary/aromatic N) is 1. The first-order valence-electron chi connectivity index (χ1n) is 7.49. The van der Waals surface area contributed by atoms with E-state index in [1.54, 1.807) is 24.3 Å². The summed E-state index contributed by atoms with van der Waals surface area (Å²) in [6.07, 6.45) is 2.12. The average molecular weight is 289 g/mol. The van der Waals surface area contributed by atoms with Crippen LogP contribution in [0.5, 0.6) is 0 Å². The number of hydrogen-bond acceptors (Lipinski definition) is 3. The summed E-state index contributed by atoms with van der Waals surface area (Å²) in [5.74, 6) is -0.00933. The molecule has 1 heterocycles. The van der Waals surface area contributed by atoms with Crippen molar-refractivity contribution in [2.45, 2.75) is 32.7 Å². The van der Waals surface area contributed by atoms with Crippen LogP contribution in [0.2, 0.25) is 0 Å². The lowest BCUT2D eigenvalue weighted by Crippen LogP contribution is -2.48. The molecule has 21 heavy (non-hydrogen) atoms. The molecule has 2 N–H and O–H groups in total. The van der Waals surface area contributed by atoms with Crippen LogP contribution in [0, 0.1) is 0 Å². The lowest BCUT2D eigenvalue weighted by atomic mass is 10.1. The van der Waals surface area contributed by atoms with Crippen molar-refractivity contribution in [1.82, 2.24) is 10.2 Å². The number of piperidine rings is 1. The first kappa shape index (κ1) is 15.5. The van der Waals surface area contributed by atoms with Crippen LogP contribution in [0.15, 0.2) is 24.3 Å². The number of carbonyl (C=O) groups is 2. The fourth-order valence-corrected chi connectivity index (χ4v) is 2.63. The molecule has 0 saturated carbocycles. The van der Waals surface area contributed by atoms with E-state index in [0.29, 0.717) is 11.3 Å². The zero-order valence-corrected chi connectivity index (χ0v) is 12.7. The topological polar surface area (TPSA) is 61.4 Å². The van der Waals surface area contributed by atoms with Gasteiger partial charge in [0.25, 0.3) is 0 Å². The highest BCUT2D eigenvalue weighted by Gasteiger charge is 2.20. The van der Waals surface area contributed by atoms with Crippen molar-refractivity contribution in [2.24, 2.45) is 0 Å². The van der Waals surface area contributed by atoms with E-state index in [2.05, 4.69) is 22.5 Å². The molecule has 1 aliphatic heterocycles. The summed E-state index contributed by atoms with van der Waals surface area (Å²) in [5.41, 5.74) is 1.24. The van der Waals surface area contributed by atoms with Gasteiger partial charge in [-0.25, -0.2) is 4.79 Å². The van der Waals surface area contributed by atoms with Gasteiger partial charge in [0.15, 0.2) is 5.78 Å². The Morgan fingerprint density at radius 1 is 1.38 bits per heavy atom. The molecule has 0 bridgehead atoms. The normalized spacial score (nSPS) is 19.0. The largest absolute Gasteiger partial charge is 0.334 e. The van der Waals surface area contributed by atoms with Gasteiger partial charge in [-0.2, -0.15) is 0 Å². The highest BCUT2D eigenvalue weighted by atomic mass is 16.2. The second kappa shape index (κ2) is 7.22. The number of likely N-dealkylation sites (tertiary alicyclic amines) is 1. The van der Waals surface area contributed by atoms with Gasteiger partial charge in [-0.15, -0.1) is 0 Å². The van der Waals surface area contributed by atoms with Gasteiger partial charge in [-0.05, 0) is 45.0 Å². The molecule has 5 heteroatoms. The molecule has 1 aromatic carbocycles. The predicted octanol–water partition coefficient (Wildman–Crippen LogP) is 2.50. The number of amides is 2. The SMILES string of the molecule is CCN1CCC[C@@H](NC(=O)Nc2cccc(C(C)=O)c2)C1. The molecule has 0 unspecified atom stereocenters. The molecular formula is C16H23N3O2. The Balaban J connectivity index is 1.89. The Labute approximate surface area is 125 Å². The lowest BCUT2D eigenvalue weighted by molar-refractivity contribution is 0.101. The predicted molar refractivity (Wildman–Crippen MR) is 83.7 cm³/mol. The quantitative estimate of drug-likeness (QED) is 0.837. The maximum absolute atomic E-state index is 12.0. The molecule has 1 aromatic rings. The number of carbonyl (C=O) groups excluding carboxylic acids is 2. The Morgan fingerprint density at radius 2 is 2.19 bits per heavy atom. The van der Waals surface area contributed by atoms with Crippen LogP contribution in [0.25, 0.3) is 0 Å². The van der Waals surface area contributed by atoms with Crippen LogP contribution in [0.4, 0.5) is 10.5 Å². The van der Waals surface area contributed by atoms with Gasteiger partial charge in [-0.3, -0.25) is 4.79 Å². The number of ketones is 1. The summed E-state index contributed by atoms with van der Waals surface area (Å²) in [6, 6.07) is 6.97. The molecule has 2 amide bonds. The van der Waals surface area contributed by atoms with Crippen LogP contribution in [0.3, 0.4) is 0 Å². The van der Waals surface area contributed by atoms with Crippen molar-refractivity contribution < 1.29 is 9.59 Å². The smallest absolute Gasteiger partial charge is 0.319 e. The molecule has 0 radical (unpaired) electrons. The van der Waals surface area contributed by atoms with Crippen molar-refractivity contribution in [3.05, 3.63) is 29.8 Å². The minimum absolute atomic E-state index is 0.00933. The minimum atomic E-state index is -0.210. The second-order valence-corrected chi connectivity index (χ2v) is 5.47. The number of Topliss-reactive ketones (excluding diaryl/α,β-unsaturated/α-hetero) is 1. The van der Waals surface area contributed by atoms with Gasteiger partial charge in [0, 0.05) is 23.8 Å². The zero-order valence-electron chi connectivity index (χ0n) is 12.7. The van der Waals surface area contributed by atoms with Gasteiger partial charge in [-0.1, -0.05) is 19.1 Å².